The number of nitrogens with one attached hydrogen (secondary N) is 1. The van der Waals surface area contributed by atoms with E-state index >= 15 is 0 Å². The van der Waals surface area contributed by atoms with Gasteiger partial charge in [-0.1, -0.05) is 67.6 Å². The van der Waals surface area contributed by atoms with Crippen molar-refractivity contribution in [2.24, 2.45) is 11.7 Å². The molecule has 0 radical (unpaired) electrons. The number of nitrogens with zero attached hydrogens (tertiary/aromatic N) is 2. The molecule has 2 aromatic carbocycles. The Morgan fingerprint density at radius 3 is 2.32 bits per heavy atom. The van der Waals surface area contributed by atoms with E-state index in [-0.39, 0.29) is 24.3 Å². The second-order valence-electron chi connectivity index (χ2n) is 11.0. The SMILES string of the molecule is CC1CC2(Cc3ccccc3)CN(C(=O)C(COCc3ccccc3)NC(=O)C(C)(C)N)CCN2C1=O. The number of hydrogen-bond donors (Lipinski definition) is 2. The van der Waals surface area contributed by atoms with E-state index < -0.39 is 23.0 Å². The quantitative estimate of drug-likeness (QED) is 0.542. The van der Waals surface area contributed by atoms with E-state index in [1.54, 1.807) is 18.7 Å². The summed E-state index contributed by atoms with van der Waals surface area (Å²) in [7, 11) is 0. The molecule has 3 unspecified atom stereocenters. The molecule has 2 aliphatic heterocycles. The van der Waals surface area contributed by atoms with Gasteiger partial charge in [0.05, 0.1) is 24.3 Å². The third-order valence-corrected chi connectivity index (χ3v) is 7.30. The summed E-state index contributed by atoms with van der Waals surface area (Å²) in [5.41, 5.74) is 6.51. The van der Waals surface area contributed by atoms with E-state index in [4.69, 9.17) is 10.5 Å². The molecule has 2 saturated heterocycles. The van der Waals surface area contributed by atoms with E-state index in [1.165, 1.54) is 0 Å². The normalized spacial score (nSPS) is 22.5. The Bertz CT molecular complexity index is 1100. The molecule has 0 aromatic heterocycles. The molecule has 2 heterocycles. The molecule has 37 heavy (non-hydrogen) atoms. The van der Waals surface area contributed by atoms with E-state index in [0.29, 0.717) is 39.1 Å². The van der Waals surface area contributed by atoms with Crippen molar-refractivity contribution in [3.8, 4) is 0 Å². The Morgan fingerprint density at radius 2 is 1.70 bits per heavy atom. The fourth-order valence-corrected chi connectivity index (χ4v) is 5.42. The summed E-state index contributed by atoms with van der Waals surface area (Å²) in [5, 5.41) is 2.82. The van der Waals surface area contributed by atoms with Gasteiger partial charge in [-0.15, -0.1) is 0 Å². The van der Waals surface area contributed by atoms with Crippen molar-refractivity contribution in [2.75, 3.05) is 26.2 Å². The smallest absolute Gasteiger partial charge is 0.247 e. The minimum absolute atomic E-state index is 0.0246. The Kier molecular flexibility index (Phi) is 7.99. The van der Waals surface area contributed by atoms with Crippen LogP contribution in [0.5, 0.6) is 0 Å². The van der Waals surface area contributed by atoms with Crippen molar-refractivity contribution in [1.82, 2.24) is 15.1 Å². The van der Waals surface area contributed by atoms with Gasteiger partial charge in [-0.2, -0.15) is 0 Å². The van der Waals surface area contributed by atoms with Gasteiger partial charge in [0.1, 0.15) is 6.04 Å². The van der Waals surface area contributed by atoms with Crippen LogP contribution in [0.25, 0.3) is 0 Å². The number of fused-ring (bicyclic) bond motifs is 1. The standard InChI is InChI=1S/C29H38N4O4/c1-21-16-29(17-22-10-6-4-7-11-22)20-32(14-15-33(29)25(21)34)26(35)24(31-27(36)28(2,3)30)19-37-18-23-12-8-5-9-13-23/h4-13,21,24H,14-20,30H2,1-3H3,(H,31,36). The molecule has 0 saturated carbocycles. The monoisotopic (exact) mass is 506 g/mol. The number of ether oxygens (including phenoxy) is 1. The molecule has 0 bridgehead atoms. The predicted molar refractivity (Wildman–Crippen MR) is 141 cm³/mol. The van der Waals surface area contributed by atoms with E-state index in [9.17, 15) is 14.4 Å². The first-order chi connectivity index (χ1) is 17.6. The third-order valence-electron chi connectivity index (χ3n) is 7.30. The highest BCUT2D eigenvalue weighted by Gasteiger charge is 2.53. The highest BCUT2D eigenvalue weighted by molar-refractivity contribution is 5.92. The number of carbonyl (C=O) groups excluding carboxylic acids is 3. The summed E-state index contributed by atoms with van der Waals surface area (Å²) in [5.74, 6) is -0.591. The maximum Gasteiger partial charge on any atom is 0.247 e. The summed E-state index contributed by atoms with van der Waals surface area (Å²) in [6.45, 7) is 6.81. The van der Waals surface area contributed by atoms with E-state index in [0.717, 1.165) is 11.1 Å². The van der Waals surface area contributed by atoms with Gasteiger partial charge >= 0.3 is 0 Å². The predicted octanol–water partition coefficient (Wildman–Crippen LogP) is 2.12. The Balaban J connectivity index is 1.53. The minimum atomic E-state index is -1.14. The second kappa shape index (κ2) is 11.0. The van der Waals surface area contributed by atoms with Crippen molar-refractivity contribution in [1.29, 1.82) is 0 Å². The summed E-state index contributed by atoms with van der Waals surface area (Å²) >= 11 is 0. The minimum Gasteiger partial charge on any atom is -0.374 e. The van der Waals surface area contributed by atoms with Crippen LogP contribution in [-0.2, 0) is 32.1 Å². The topological polar surface area (TPSA) is 105 Å². The molecule has 0 aliphatic carbocycles. The maximum atomic E-state index is 13.8. The van der Waals surface area contributed by atoms with Gasteiger partial charge in [-0.05, 0) is 37.8 Å². The zero-order chi connectivity index (χ0) is 26.6. The molecule has 3 amide bonds. The molecular weight excluding hydrogens is 468 g/mol. The van der Waals surface area contributed by atoms with Gasteiger partial charge < -0.3 is 25.6 Å². The summed E-state index contributed by atoms with van der Waals surface area (Å²) in [6.07, 6.45) is 1.35. The summed E-state index contributed by atoms with van der Waals surface area (Å²) in [4.78, 5) is 43.4. The highest BCUT2D eigenvalue weighted by atomic mass is 16.5. The molecule has 8 heteroatoms. The molecule has 3 N–H and O–H groups in total. The fourth-order valence-electron chi connectivity index (χ4n) is 5.42. The van der Waals surface area contributed by atoms with Crippen LogP contribution in [0.2, 0.25) is 0 Å². The van der Waals surface area contributed by atoms with Crippen molar-refractivity contribution in [3.63, 3.8) is 0 Å². The lowest BCUT2D eigenvalue weighted by atomic mass is 9.84. The van der Waals surface area contributed by atoms with Crippen LogP contribution < -0.4 is 11.1 Å². The Hall–Kier alpha value is -3.23. The number of benzene rings is 2. The number of nitrogens with two attached hydrogens (primary N) is 1. The lowest BCUT2D eigenvalue weighted by Crippen LogP contribution is -2.65. The van der Waals surface area contributed by atoms with Crippen LogP contribution >= 0.6 is 0 Å². The van der Waals surface area contributed by atoms with Crippen LogP contribution in [0.15, 0.2) is 60.7 Å². The number of piperazine rings is 1. The average Bonchev–Trinajstić information content (AvgIpc) is 3.12. The number of rotatable bonds is 9. The first kappa shape index (κ1) is 26.8. The van der Waals surface area contributed by atoms with Crippen molar-refractivity contribution in [3.05, 3.63) is 71.8 Å². The lowest BCUT2D eigenvalue weighted by molar-refractivity contribution is -0.147. The second-order valence-corrected chi connectivity index (χ2v) is 11.0. The summed E-state index contributed by atoms with van der Waals surface area (Å²) in [6, 6.07) is 18.9. The van der Waals surface area contributed by atoms with Gasteiger partial charge in [-0.3, -0.25) is 14.4 Å². The zero-order valence-corrected chi connectivity index (χ0v) is 22.0. The first-order valence-electron chi connectivity index (χ1n) is 12.9. The molecule has 8 nitrogen and oxygen atoms in total. The summed E-state index contributed by atoms with van der Waals surface area (Å²) < 4.78 is 5.88. The molecule has 4 rings (SSSR count). The molecule has 2 aliphatic rings. The molecular formula is C29H38N4O4. The fraction of sp³-hybridized carbons (Fsp3) is 0.483. The molecule has 3 atom stereocenters. The maximum absolute atomic E-state index is 13.8. The van der Waals surface area contributed by atoms with Gasteiger partial charge in [0.25, 0.3) is 0 Å². The van der Waals surface area contributed by atoms with Crippen LogP contribution in [0.4, 0.5) is 0 Å². The Morgan fingerprint density at radius 1 is 1.08 bits per heavy atom. The van der Waals surface area contributed by atoms with Crippen LogP contribution in [0, 0.1) is 5.92 Å². The number of carbonyl (C=O) groups is 3. The van der Waals surface area contributed by atoms with Crippen LogP contribution in [-0.4, -0.2) is 70.9 Å². The Labute approximate surface area is 219 Å². The van der Waals surface area contributed by atoms with E-state index in [2.05, 4.69) is 17.4 Å². The van der Waals surface area contributed by atoms with E-state index in [1.807, 2.05) is 60.4 Å². The lowest BCUT2D eigenvalue weighted by Gasteiger charge is -2.48. The largest absolute Gasteiger partial charge is 0.374 e. The molecule has 0 spiro atoms. The molecule has 198 valence electrons. The van der Waals surface area contributed by atoms with Crippen molar-refractivity contribution in [2.45, 2.75) is 57.3 Å². The van der Waals surface area contributed by atoms with Gasteiger partial charge in [-0.25, -0.2) is 0 Å². The average molecular weight is 507 g/mol. The number of amides is 3. The van der Waals surface area contributed by atoms with Crippen molar-refractivity contribution < 1.29 is 19.1 Å². The third kappa shape index (κ3) is 6.19. The molecule has 2 fully saturated rings. The van der Waals surface area contributed by atoms with Gasteiger partial charge in [0.15, 0.2) is 0 Å². The number of hydrogen-bond acceptors (Lipinski definition) is 5. The molecule has 2 aromatic rings. The van der Waals surface area contributed by atoms with Crippen molar-refractivity contribution >= 4 is 17.7 Å². The zero-order valence-electron chi connectivity index (χ0n) is 22.0. The van der Waals surface area contributed by atoms with Crippen LogP contribution in [0.3, 0.4) is 0 Å². The first-order valence-corrected chi connectivity index (χ1v) is 12.9. The van der Waals surface area contributed by atoms with Crippen LogP contribution in [0.1, 0.15) is 38.3 Å². The highest BCUT2D eigenvalue weighted by Crippen LogP contribution is 2.39. The van der Waals surface area contributed by atoms with Gasteiger partial charge in [0, 0.05) is 25.6 Å². The van der Waals surface area contributed by atoms with Gasteiger partial charge in [0.2, 0.25) is 17.7 Å².